The van der Waals surface area contributed by atoms with Gasteiger partial charge in [-0.2, -0.15) is 0 Å². The topological polar surface area (TPSA) is 62.2 Å². The summed E-state index contributed by atoms with van der Waals surface area (Å²) in [5.41, 5.74) is 3.78. The summed E-state index contributed by atoms with van der Waals surface area (Å²) in [5.74, 6) is 5.63. The molecule has 0 spiro atoms. The zero-order valence-corrected chi connectivity index (χ0v) is 28.6. The van der Waals surface area contributed by atoms with E-state index in [4.69, 9.17) is 10.1 Å². The molecule has 4 nitrogen and oxygen atoms in total. The van der Waals surface area contributed by atoms with Crippen LogP contribution in [0.25, 0.3) is 10.8 Å². The zero-order chi connectivity index (χ0) is 32.7. The third kappa shape index (κ3) is 10.5. The van der Waals surface area contributed by atoms with Crippen LogP contribution in [0, 0.1) is 12.3 Å². The number of hydrogen-bond donors (Lipinski definition) is 2. The molecule has 0 bridgehead atoms. The number of rotatable bonds is 13. The fourth-order valence-corrected chi connectivity index (χ4v) is 6.93. The Hall–Kier alpha value is -4.00. The van der Waals surface area contributed by atoms with Crippen LogP contribution < -0.4 is 10.1 Å². The van der Waals surface area contributed by atoms with Gasteiger partial charge < -0.3 is 10.1 Å². The van der Waals surface area contributed by atoms with Crippen LogP contribution >= 0.6 is 11.8 Å². The molecule has 0 aliphatic carbocycles. The molecular weight excluding hydrogens is 593 g/mol. The Bertz CT molecular complexity index is 1730. The van der Waals surface area contributed by atoms with Crippen LogP contribution in [-0.2, 0) is 9.52 Å². The number of fused-ring (bicyclic) bond motifs is 1. The number of hydrogen-bond acceptors (Lipinski definition) is 5. The molecule has 0 fully saturated rings. The van der Waals surface area contributed by atoms with E-state index in [1.807, 2.05) is 73.3 Å². The molecule has 4 aromatic rings. The van der Waals surface area contributed by atoms with Gasteiger partial charge in [0.15, 0.2) is 0 Å². The van der Waals surface area contributed by atoms with Crippen molar-refractivity contribution in [2.45, 2.75) is 49.8 Å². The number of thioether (sulfide) groups is 1. The lowest BCUT2D eigenvalue weighted by molar-refractivity contribution is 0.318. The van der Waals surface area contributed by atoms with E-state index in [0.29, 0.717) is 28.5 Å². The Morgan fingerprint density at radius 2 is 1.76 bits per heavy atom. The normalized spacial score (nSPS) is 12.7. The minimum absolute atomic E-state index is 0.0152. The molecule has 0 saturated heterocycles. The predicted molar refractivity (Wildman–Crippen MR) is 200 cm³/mol. The molecule has 0 amide bonds. The monoisotopic (exact) mass is 638 g/mol. The maximum atomic E-state index is 13.9. The van der Waals surface area contributed by atoms with Crippen molar-refractivity contribution in [3.63, 3.8) is 0 Å². The lowest BCUT2D eigenvalue weighted by Gasteiger charge is -2.17. The van der Waals surface area contributed by atoms with E-state index in [9.17, 15) is 4.21 Å². The highest BCUT2D eigenvalue weighted by molar-refractivity contribution is 8.14. The van der Waals surface area contributed by atoms with Crippen LogP contribution in [0.3, 0.4) is 0 Å². The molecule has 45 heavy (non-hydrogen) atoms. The minimum Gasteiger partial charge on any atom is -0.494 e. The smallest absolute Gasteiger partial charge is 0.124 e. The van der Waals surface area contributed by atoms with Crippen LogP contribution in [0.1, 0.15) is 44.2 Å². The van der Waals surface area contributed by atoms with Gasteiger partial charge in [0, 0.05) is 43.4 Å². The summed E-state index contributed by atoms with van der Waals surface area (Å²) >= 11 is 1.81. The Morgan fingerprint density at radius 1 is 1.02 bits per heavy atom. The number of nitrogens with one attached hydrogen (secondary N) is 2. The highest BCUT2D eigenvalue weighted by atomic mass is 32.2. The summed E-state index contributed by atoms with van der Waals surface area (Å²) in [4.78, 5) is 1.82. The highest BCUT2D eigenvalue weighted by Crippen LogP contribution is 2.30. The summed E-state index contributed by atoms with van der Waals surface area (Å²) in [5, 5.41) is 13.8. The number of aryl methyl sites for hydroxylation is 1. The van der Waals surface area contributed by atoms with E-state index in [0.717, 1.165) is 35.8 Å². The van der Waals surface area contributed by atoms with Crippen LogP contribution in [0.15, 0.2) is 131 Å². The van der Waals surface area contributed by atoms with E-state index in [1.54, 1.807) is 19.2 Å². The van der Waals surface area contributed by atoms with E-state index < -0.39 is 9.52 Å². The Labute approximate surface area is 274 Å². The summed E-state index contributed by atoms with van der Waals surface area (Å²) in [6.45, 7) is 10.4. The van der Waals surface area contributed by atoms with Crippen molar-refractivity contribution in [2.75, 3.05) is 24.7 Å². The van der Waals surface area contributed by atoms with Crippen molar-refractivity contribution in [1.29, 1.82) is 5.41 Å². The van der Waals surface area contributed by atoms with Crippen molar-refractivity contribution in [3.05, 3.63) is 133 Å². The lowest BCUT2D eigenvalue weighted by atomic mass is 10.1. The van der Waals surface area contributed by atoms with E-state index in [1.165, 1.54) is 16.0 Å². The maximum Gasteiger partial charge on any atom is 0.124 e. The summed E-state index contributed by atoms with van der Waals surface area (Å²) < 4.78 is 19.9. The third-order valence-corrected chi connectivity index (χ3v) is 10.2. The van der Waals surface area contributed by atoms with Gasteiger partial charge in [-0.15, -0.1) is 11.8 Å². The van der Waals surface area contributed by atoms with E-state index in [2.05, 4.69) is 74.1 Å². The van der Waals surface area contributed by atoms with Crippen molar-refractivity contribution < 1.29 is 8.95 Å². The second-order valence-corrected chi connectivity index (χ2v) is 14.0. The molecule has 236 valence electrons. The highest BCUT2D eigenvalue weighted by Gasteiger charge is 2.21. The molecular formula is C39H46N2O2S2. The van der Waals surface area contributed by atoms with E-state index in [-0.39, 0.29) is 5.04 Å². The lowest BCUT2D eigenvalue weighted by Crippen LogP contribution is -2.17. The molecule has 4 aromatic carbocycles. The summed E-state index contributed by atoms with van der Waals surface area (Å²) in [6, 6.07) is 27.4. The largest absolute Gasteiger partial charge is 0.494 e. The second kappa shape index (κ2) is 18.1. The van der Waals surface area contributed by atoms with Crippen molar-refractivity contribution in [2.24, 2.45) is 0 Å². The average molecular weight is 639 g/mol. The Kier molecular flexibility index (Phi) is 14.3. The van der Waals surface area contributed by atoms with Gasteiger partial charge in [-0.1, -0.05) is 90.6 Å². The summed E-state index contributed by atoms with van der Waals surface area (Å²) in [6.07, 6.45) is 11.5. The fraction of sp³-hybridized carbons (Fsp3) is 0.231. The maximum absolute atomic E-state index is 13.9. The molecule has 0 heterocycles. The van der Waals surface area contributed by atoms with Crippen molar-refractivity contribution in [1.82, 2.24) is 0 Å². The Morgan fingerprint density at radius 3 is 2.47 bits per heavy atom. The molecule has 0 saturated carbocycles. The first kappa shape index (κ1) is 35.5. The SMILES string of the molecule is C=C/C(C)=C\CC/C=C\C.C=S(=O)(C(=N)c1cc(OCCCSc2ccc(C)cc2)ccc1NC)c1cccc2ccccc12. The quantitative estimate of drug-likeness (QED) is 0.0291. The summed E-state index contributed by atoms with van der Waals surface area (Å²) in [7, 11) is -1.26. The number of anilines is 1. The standard InChI is InChI=1S/C29H30N2O2S2.C10H16/c1-21-12-15-24(16-13-21)34-19-7-18-33-23-14-17-27(31-2)26(20-23)29(30)35(3,32)28-11-6-9-22-8-4-5-10-25(22)28;1-4-6-7-8-9-10(3)5-2/h4-6,8-17,20,30-31H,3,7,18-19H2,1-2H3;4-6,9H,2,7-8H2,1,3H3/b;6-4-,10-9-. The van der Waals surface area contributed by atoms with Crippen LogP contribution in [0.2, 0.25) is 0 Å². The number of unbranched alkanes of at least 4 members (excludes halogenated alkanes) is 1. The van der Waals surface area contributed by atoms with Crippen LogP contribution in [0.5, 0.6) is 5.75 Å². The first-order valence-corrected chi connectivity index (χ1v) is 17.9. The number of allylic oxidation sites excluding steroid dienone is 5. The molecule has 0 aliphatic heterocycles. The van der Waals surface area contributed by atoms with Gasteiger partial charge in [-0.05, 0) is 93.1 Å². The van der Waals surface area contributed by atoms with Gasteiger partial charge in [0.2, 0.25) is 0 Å². The molecule has 1 atom stereocenters. The molecule has 4 rings (SSSR count). The van der Waals surface area contributed by atoms with Gasteiger partial charge in [-0.3, -0.25) is 9.62 Å². The van der Waals surface area contributed by atoms with Crippen LogP contribution in [-0.4, -0.2) is 34.5 Å². The van der Waals surface area contributed by atoms with Gasteiger partial charge in [0.1, 0.15) is 10.8 Å². The first-order valence-electron chi connectivity index (χ1n) is 15.2. The van der Waals surface area contributed by atoms with Gasteiger partial charge >= 0.3 is 0 Å². The van der Waals surface area contributed by atoms with Gasteiger partial charge in [0.05, 0.1) is 6.61 Å². The van der Waals surface area contributed by atoms with Gasteiger partial charge in [-0.25, -0.2) is 0 Å². The number of ether oxygens (including phenoxy) is 1. The number of benzene rings is 4. The average Bonchev–Trinajstić information content (AvgIpc) is 3.06. The van der Waals surface area contributed by atoms with Crippen LogP contribution in [0.4, 0.5) is 5.69 Å². The predicted octanol–water partition coefficient (Wildman–Crippen LogP) is 10.3. The third-order valence-electron chi connectivity index (χ3n) is 7.14. The Balaban J connectivity index is 0.000000477. The first-order chi connectivity index (χ1) is 21.7. The molecule has 2 N–H and O–H groups in total. The zero-order valence-electron chi connectivity index (χ0n) is 27.0. The van der Waals surface area contributed by atoms with Crippen molar-refractivity contribution >= 4 is 48.7 Å². The van der Waals surface area contributed by atoms with Gasteiger partial charge in [0.25, 0.3) is 0 Å². The molecule has 0 aromatic heterocycles. The molecule has 0 aliphatic rings. The molecule has 1 unspecified atom stereocenters. The molecule has 0 radical (unpaired) electrons. The van der Waals surface area contributed by atoms with Crippen molar-refractivity contribution in [3.8, 4) is 5.75 Å². The fourth-order valence-electron chi connectivity index (χ4n) is 4.52. The minimum atomic E-state index is -3.05. The van der Waals surface area contributed by atoms with E-state index >= 15 is 0 Å². The molecule has 6 heteroatoms. The second-order valence-electron chi connectivity index (χ2n) is 10.6.